The molecule has 0 heterocycles. The molecule has 1 radical (unpaired) electrons. The molecule has 0 aliphatic carbocycles. The topological polar surface area (TPSA) is 203 Å². The Balaban J connectivity index is -0.00000000800. The molecule has 10 heteroatoms. The van der Waals surface area contributed by atoms with Gasteiger partial charge in [-0.2, -0.15) is 0 Å². The van der Waals surface area contributed by atoms with Crippen LogP contribution in [0.3, 0.4) is 0 Å². The molecule has 0 spiro atoms. The van der Waals surface area contributed by atoms with Crippen molar-refractivity contribution in [3.8, 4) is 0 Å². The van der Waals surface area contributed by atoms with Crippen LogP contribution in [-0.4, -0.2) is 13.3 Å². The van der Waals surface area contributed by atoms with Crippen molar-refractivity contribution >= 4 is 20.2 Å². The molecule has 7 nitrogen and oxygen atoms in total. The third-order valence-electron chi connectivity index (χ3n) is 0. The van der Waals surface area contributed by atoms with Gasteiger partial charge < -0.3 is 33.7 Å². The molecule has 12 N–H and O–H groups in total. The summed E-state index contributed by atoms with van der Waals surface area (Å²) >= 11 is 3.24. The summed E-state index contributed by atoms with van der Waals surface area (Å²) in [4.78, 5) is 0. The molecule has 0 rings (SSSR count). The first-order chi connectivity index (χ1) is 2.00. The third-order valence-corrected chi connectivity index (χ3v) is 0. The molecule has 0 aromatic carbocycles. The molecule has 10 heavy (non-hydrogen) atoms. The van der Waals surface area contributed by atoms with E-state index in [1.165, 1.54) is 0 Å². The molecular formula is H12CuN4O3S2. The van der Waals surface area contributed by atoms with Crippen molar-refractivity contribution in [3.05, 3.63) is 0 Å². The predicted molar refractivity (Wildman–Crippen MR) is 37.2 cm³/mol. The molecular weight excluding hydrogens is 232 g/mol. The van der Waals surface area contributed by atoms with Crippen molar-refractivity contribution in [2.24, 2.45) is 0 Å². The van der Waals surface area contributed by atoms with Gasteiger partial charge >= 0.3 is 17.1 Å². The second-order valence-electron chi connectivity index (χ2n) is 0.408. The molecule has 0 aromatic rings. The first-order valence-electron chi connectivity index (χ1n) is 0.667. The first-order valence-corrected chi connectivity index (χ1v) is 3.00. The zero-order chi connectivity index (χ0) is 4.50. The van der Waals surface area contributed by atoms with E-state index in [9.17, 15) is 0 Å². The van der Waals surface area contributed by atoms with Crippen molar-refractivity contribution in [2.45, 2.75) is 0 Å². The van der Waals surface area contributed by atoms with Crippen LogP contribution in [-0.2, 0) is 37.3 Å². The van der Waals surface area contributed by atoms with Crippen LogP contribution in [0.25, 0.3) is 0 Å². The normalized spacial score (nSPS) is 5.80. The van der Waals surface area contributed by atoms with E-state index in [0.29, 0.717) is 0 Å². The molecule has 0 aliphatic rings. The second kappa shape index (κ2) is 16.3. The van der Waals surface area contributed by atoms with Gasteiger partial charge in [-0.05, 0) is 11.2 Å². The summed E-state index contributed by atoms with van der Waals surface area (Å²) in [5, 5.41) is 0. The Morgan fingerprint density at radius 1 is 1.00 bits per heavy atom. The number of hydrogen-bond acceptors (Lipinski definition) is 8. The fraction of sp³-hybridized carbons (Fsp3) is 0. The van der Waals surface area contributed by atoms with Gasteiger partial charge in [0, 0.05) is 0 Å². The van der Waals surface area contributed by atoms with E-state index < -0.39 is 9.05 Å². The minimum Gasteiger partial charge on any atom is -0.780 e. The zero-order valence-corrected chi connectivity index (χ0v) is 7.75. The maximum absolute atomic E-state index is 8.89. The van der Waals surface area contributed by atoms with Crippen LogP contribution in [0.1, 0.15) is 0 Å². The summed E-state index contributed by atoms with van der Waals surface area (Å²) in [5.41, 5.74) is 0. The van der Waals surface area contributed by atoms with E-state index in [-0.39, 0.29) is 41.7 Å². The van der Waals surface area contributed by atoms with Crippen molar-refractivity contribution in [3.63, 3.8) is 0 Å². The zero-order valence-electron chi connectivity index (χ0n) is 5.17. The van der Waals surface area contributed by atoms with Crippen LogP contribution in [0.5, 0.6) is 0 Å². The molecule has 0 bridgehead atoms. The van der Waals surface area contributed by atoms with Gasteiger partial charge in [-0.1, -0.05) is 0 Å². The summed E-state index contributed by atoms with van der Waals surface area (Å²) in [6.45, 7) is 0. The van der Waals surface area contributed by atoms with E-state index in [1.807, 2.05) is 0 Å². The monoisotopic (exact) mass is 243 g/mol. The summed E-state index contributed by atoms with van der Waals surface area (Å²) in [7, 11) is -4.33. The minimum absolute atomic E-state index is 0. The van der Waals surface area contributed by atoms with E-state index in [4.69, 9.17) is 13.3 Å². The Morgan fingerprint density at radius 3 is 1.00 bits per heavy atom. The summed E-state index contributed by atoms with van der Waals surface area (Å²) in [6, 6.07) is 0. The van der Waals surface area contributed by atoms with Gasteiger partial charge in [-0.15, -0.1) is 9.05 Å². The smallest absolute Gasteiger partial charge is 0.780 e. The summed E-state index contributed by atoms with van der Waals surface area (Å²) in [5.74, 6) is 0. The average Bonchev–Trinajstić information content (AvgIpc) is 0.722. The molecule has 0 aliphatic heterocycles. The Labute approximate surface area is 75.5 Å². The van der Waals surface area contributed by atoms with Crippen LogP contribution in [0, 0.1) is 0 Å². The van der Waals surface area contributed by atoms with Crippen LogP contribution in [0.15, 0.2) is 0 Å². The second-order valence-corrected chi connectivity index (χ2v) is 2.45. The van der Waals surface area contributed by atoms with Gasteiger partial charge in [0.25, 0.3) is 0 Å². The largest absolute Gasteiger partial charge is 2.00 e. The van der Waals surface area contributed by atoms with Crippen LogP contribution in [0.4, 0.5) is 0 Å². The Kier molecular flexibility index (Phi) is 74.9. The molecule has 0 aromatic heterocycles. The van der Waals surface area contributed by atoms with E-state index in [2.05, 4.69) is 11.2 Å². The summed E-state index contributed by atoms with van der Waals surface area (Å²) < 4.78 is 26.7. The van der Waals surface area contributed by atoms with Crippen LogP contribution in [0.2, 0.25) is 0 Å². The first kappa shape index (κ1) is 45.9. The van der Waals surface area contributed by atoms with Gasteiger partial charge in [0.2, 0.25) is 0 Å². The van der Waals surface area contributed by atoms with Gasteiger partial charge in [-0.25, -0.2) is 0 Å². The molecule has 0 saturated carbocycles. The number of hydrogen-bond donors (Lipinski definition) is 4. The van der Waals surface area contributed by atoms with Gasteiger partial charge in [0.05, 0.1) is 0 Å². The predicted octanol–water partition coefficient (Wildman–Crippen LogP) is -0.361. The maximum Gasteiger partial charge on any atom is 2.00 e. The van der Waals surface area contributed by atoms with E-state index in [0.717, 1.165) is 0 Å². The Hall–Kier alpha value is 0.649. The SMILES string of the molecule is N.N.N.N.O=S([O-])([O-])=S.[Cu+2]. The Morgan fingerprint density at radius 2 is 1.00 bits per heavy atom. The Bertz CT molecular complexity index is 102. The summed E-state index contributed by atoms with van der Waals surface area (Å²) in [6.07, 6.45) is 0. The average molecular weight is 244 g/mol. The standard InChI is InChI=1S/Cu.4H3N.H2O3S2/c;;;;;1-5(2,3)4/h;4*1H3;(H2,1,2,3,4)/q+2;;;;;/p-2. The fourth-order valence-corrected chi connectivity index (χ4v) is 0. The molecule has 73 valence electrons. The van der Waals surface area contributed by atoms with Crippen LogP contribution < -0.4 is 24.6 Å². The molecule has 0 amide bonds. The molecule has 0 atom stereocenters. The maximum atomic E-state index is 8.89. The fourth-order valence-electron chi connectivity index (χ4n) is 0. The number of rotatable bonds is 0. The molecule has 0 saturated heterocycles. The quantitative estimate of drug-likeness (QED) is 0.412. The molecule has 0 unspecified atom stereocenters. The van der Waals surface area contributed by atoms with Crippen molar-refractivity contribution in [1.29, 1.82) is 0 Å². The van der Waals surface area contributed by atoms with Crippen molar-refractivity contribution in [2.75, 3.05) is 0 Å². The third kappa shape index (κ3) is 1200. The van der Waals surface area contributed by atoms with E-state index in [1.54, 1.807) is 0 Å². The van der Waals surface area contributed by atoms with Crippen molar-refractivity contribution in [1.82, 2.24) is 24.6 Å². The van der Waals surface area contributed by atoms with Crippen molar-refractivity contribution < 1.29 is 30.4 Å². The van der Waals surface area contributed by atoms with Gasteiger partial charge in [-0.3, -0.25) is 4.21 Å². The van der Waals surface area contributed by atoms with Gasteiger partial charge in [0.1, 0.15) is 0 Å². The van der Waals surface area contributed by atoms with Gasteiger partial charge in [0.15, 0.2) is 0 Å². The minimum atomic E-state index is -4.33. The van der Waals surface area contributed by atoms with Crippen LogP contribution >= 0.6 is 0 Å². The molecule has 0 fully saturated rings. The van der Waals surface area contributed by atoms with E-state index >= 15 is 0 Å².